The Hall–Kier alpha value is -0.640. The van der Waals surface area contributed by atoms with Crippen molar-refractivity contribution < 1.29 is 0 Å². The van der Waals surface area contributed by atoms with Gasteiger partial charge in [-0.1, -0.05) is 13.0 Å². The van der Waals surface area contributed by atoms with E-state index in [0.29, 0.717) is 6.54 Å². The second-order valence-electron chi connectivity index (χ2n) is 3.19. The molecule has 0 aromatic carbocycles. The molecule has 0 saturated carbocycles. The number of hydrogen-bond donors (Lipinski definition) is 2. The summed E-state index contributed by atoms with van der Waals surface area (Å²) in [5.41, 5.74) is 13.6. The first-order valence-electron chi connectivity index (χ1n) is 4.66. The first-order chi connectivity index (χ1) is 6.27. The van der Waals surface area contributed by atoms with E-state index < -0.39 is 0 Å². The van der Waals surface area contributed by atoms with Crippen molar-refractivity contribution in [2.45, 2.75) is 32.4 Å². The van der Waals surface area contributed by atoms with E-state index in [-0.39, 0.29) is 18.4 Å². The minimum absolute atomic E-state index is 0. The number of halogens is 1. The number of nitrogens with zero attached hydrogens (tertiary/aromatic N) is 1. The first-order valence-corrected chi connectivity index (χ1v) is 4.66. The summed E-state index contributed by atoms with van der Waals surface area (Å²) in [4.78, 5) is 4.20. The third kappa shape index (κ3) is 3.62. The normalized spacial score (nSPS) is 11.9. The number of hydrogen-bond acceptors (Lipinski definition) is 3. The lowest BCUT2D eigenvalue weighted by atomic mass is 10.0. The molecule has 0 bridgehead atoms. The van der Waals surface area contributed by atoms with Crippen molar-refractivity contribution in [2.24, 2.45) is 11.5 Å². The summed E-state index contributed by atoms with van der Waals surface area (Å²) in [7, 11) is 0. The monoisotopic (exact) mass is 215 g/mol. The minimum Gasteiger partial charge on any atom is -0.327 e. The minimum atomic E-state index is 0. The van der Waals surface area contributed by atoms with Gasteiger partial charge in [0.1, 0.15) is 0 Å². The van der Waals surface area contributed by atoms with Gasteiger partial charge in [-0.2, -0.15) is 0 Å². The average molecular weight is 216 g/mol. The molecule has 3 nitrogen and oxygen atoms in total. The fourth-order valence-electron chi connectivity index (χ4n) is 1.27. The number of nitrogens with two attached hydrogens (primary N) is 2. The van der Waals surface area contributed by atoms with E-state index >= 15 is 0 Å². The highest BCUT2D eigenvalue weighted by molar-refractivity contribution is 5.85. The van der Waals surface area contributed by atoms with Gasteiger partial charge in [0.15, 0.2) is 0 Å². The van der Waals surface area contributed by atoms with Crippen molar-refractivity contribution in [1.82, 2.24) is 4.98 Å². The highest BCUT2D eigenvalue weighted by Gasteiger charge is 2.05. The maximum absolute atomic E-state index is 5.86. The van der Waals surface area contributed by atoms with E-state index in [1.165, 1.54) is 5.56 Å². The summed E-state index contributed by atoms with van der Waals surface area (Å²) in [6, 6.07) is 4.19. The van der Waals surface area contributed by atoms with Crippen molar-refractivity contribution in [3.8, 4) is 0 Å². The zero-order valence-corrected chi connectivity index (χ0v) is 9.26. The Morgan fingerprint density at radius 1 is 1.50 bits per heavy atom. The fraction of sp³-hybridized carbons (Fsp3) is 0.500. The van der Waals surface area contributed by atoms with Gasteiger partial charge < -0.3 is 11.5 Å². The van der Waals surface area contributed by atoms with Crippen LogP contribution in [0.1, 0.15) is 24.6 Å². The van der Waals surface area contributed by atoms with E-state index in [1.807, 2.05) is 12.1 Å². The highest BCUT2D eigenvalue weighted by Crippen LogP contribution is 2.08. The predicted octanol–water partition coefficient (Wildman–Crippen LogP) is 1.24. The molecule has 0 amide bonds. The third-order valence-electron chi connectivity index (χ3n) is 2.18. The molecule has 4 N–H and O–H groups in total. The van der Waals surface area contributed by atoms with E-state index in [4.69, 9.17) is 11.5 Å². The molecule has 1 unspecified atom stereocenters. The largest absolute Gasteiger partial charge is 0.327 e. The molecule has 0 saturated heterocycles. The van der Waals surface area contributed by atoms with Crippen LogP contribution in [0.5, 0.6) is 0 Å². The summed E-state index contributed by atoms with van der Waals surface area (Å²) in [6.07, 6.45) is 3.62. The van der Waals surface area contributed by atoms with E-state index in [2.05, 4.69) is 11.9 Å². The van der Waals surface area contributed by atoms with E-state index in [9.17, 15) is 0 Å². The van der Waals surface area contributed by atoms with Crippen LogP contribution >= 0.6 is 12.4 Å². The first kappa shape index (κ1) is 13.4. The predicted molar refractivity (Wildman–Crippen MR) is 61.3 cm³/mol. The Bertz CT molecular complexity index is 265. The summed E-state index contributed by atoms with van der Waals surface area (Å²) in [5, 5.41) is 0. The van der Waals surface area contributed by atoms with Gasteiger partial charge in [0, 0.05) is 18.8 Å². The SMILES string of the molecule is CCC(N)Cc1cccnc1CN.Cl. The van der Waals surface area contributed by atoms with Crippen LogP contribution < -0.4 is 11.5 Å². The molecule has 4 heteroatoms. The molecule has 0 aliphatic carbocycles. The molecule has 0 spiro atoms. The van der Waals surface area contributed by atoms with Gasteiger partial charge in [-0.05, 0) is 24.5 Å². The Balaban J connectivity index is 0.00000169. The quantitative estimate of drug-likeness (QED) is 0.795. The summed E-state index contributed by atoms with van der Waals surface area (Å²) < 4.78 is 0. The van der Waals surface area contributed by atoms with Crippen molar-refractivity contribution in [2.75, 3.05) is 0 Å². The van der Waals surface area contributed by atoms with E-state index in [0.717, 1.165) is 18.5 Å². The zero-order valence-electron chi connectivity index (χ0n) is 8.44. The maximum atomic E-state index is 5.86. The molecule has 1 atom stereocenters. The molecular weight excluding hydrogens is 198 g/mol. The topological polar surface area (TPSA) is 64.9 Å². The average Bonchev–Trinajstić information content (AvgIpc) is 2.18. The fourth-order valence-corrected chi connectivity index (χ4v) is 1.27. The molecule has 1 aromatic heterocycles. The van der Waals surface area contributed by atoms with Gasteiger partial charge in [-0.3, -0.25) is 4.98 Å². The second kappa shape index (κ2) is 6.76. The Kier molecular flexibility index (Phi) is 6.45. The van der Waals surface area contributed by atoms with Crippen LogP contribution in [-0.4, -0.2) is 11.0 Å². The van der Waals surface area contributed by atoms with E-state index in [1.54, 1.807) is 6.20 Å². The molecule has 80 valence electrons. The van der Waals surface area contributed by atoms with Gasteiger partial charge >= 0.3 is 0 Å². The van der Waals surface area contributed by atoms with Gasteiger partial charge in [0.05, 0.1) is 5.69 Å². The van der Waals surface area contributed by atoms with Gasteiger partial charge in [0.25, 0.3) is 0 Å². The van der Waals surface area contributed by atoms with Crippen LogP contribution in [0.2, 0.25) is 0 Å². The Morgan fingerprint density at radius 3 is 2.79 bits per heavy atom. The van der Waals surface area contributed by atoms with Crippen LogP contribution in [0.15, 0.2) is 18.3 Å². The molecule has 0 radical (unpaired) electrons. The molecule has 1 heterocycles. The zero-order chi connectivity index (χ0) is 9.68. The molecule has 14 heavy (non-hydrogen) atoms. The smallest absolute Gasteiger partial charge is 0.0571 e. The lowest BCUT2D eigenvalue weighted by molar-refractivity contribution is 0.640. The van der Waals surface area contributed by atoms with Crippen LogP contribution in [0.3, 0.4) is 0 Å². The van der Waals surface area contributed by atoms with Crippen molar-refractivity contribution >= 4 is 12.4 Å². The van der Waals surface area contributed by atoms with Crippen LogP contribution in [0.4, 0.5) is 0 Å². The third-order valence-corrected chi connectivity index (χ3v) is 2.18. The highest BCUT2D eigenvalue weighted by atomic mass is 35.5. The second-order valence-corrected chi connectivity index (χ2v) is 3.19. The lowest BCUT2D eigenvalue weighted by Crippen LogP contribution is -2.22. The van der Waals surface area contributed by atoms with Crippen LogP contribution in [0, 0.1) is 0 Å². The summed E-state index contributed by atoms with van der Waals surface area (Å²) in [6.45, 7) is 2.58. The molecule has 0 aliphatic rings. The van der Waals surface area contributed by atoms with Gasteiger partial charge in [-0.15, -0.1) is 12.4 Å². The number of pyridine rings is 1. The standard InChI is InChI=1S/C10H17N3.ClH/c1-2-9(12)6-8-4-3-5-13-10(8)7-11;/h3-5,9H,2,6-7,11-12H2,1H3;1H. The molecular formula is C10H18ClN3. The number of aromatic nitrogens is 1. The number of rotatable bonds is 4. The Morgan fingerprint density at radius 2 is 2.21 bits per heavy atom. The summed E-state index contributed by atoms with van der Waals surface area (Å²) in [5.74, 6) is 0. The molecule has 1 rings (SSSR count). The van der Waals surface area contributed by atoms with Crippen LogP contribution in [-0.2, 0) is 13.0 Å². The van der Waals surface area contributed by atoms with Crippen molar-refractivity contribution in [3.63, 3.8) is 0 Å². The summed E-state index contributed by atoms with van der Waals surface area (Å²) >= 11 is 0. The lowest BCUT2D eigenvalue weighted by Gasteiger charge is -2.10. The Labute approximate surface area is 91.3 Å². The van der Waals surface area contributed by atoms with Gasteiger partial charge in [0.2, 0.25) is 0 Å². The molecule has 1 aromatic rings. The molecule has 0 aliphatic heterocycles. The van der Waals surface area contributed by atoms with Gasteiger partial charge in [-0.25, -0.2) is 0 Å². The molecule has 0 fully saturated rings. The van der Waals surface area contributed by atoms with Crippen molar-refractivity contribution in [3.05, 3.63) is 29.6 Å². The van der Waals surface area contributed by atoms with Crippen molar-refractivity contribution in [1.29, 1.82) is 0 Å². The van der Waals surface area contributed by atoms with Crippen LogP contribution in [0.25, 0.3) is 0 Å². The maximum Gasteiger partial charge on any atom is 0.0571 e.